The third-order valence-corrected chi connectivity index (χ3v) is 3.02. The van der Waals surface area contributed by atoms with E-state index < -0.39 is 0 Å². The number of hydrogen-bond acceptors (Lipinski definition) is 3. The molecule has 0 saturated carbocycles. The van der Waals surface area contributed by atoms with Crippen molar-refractivity contribution >= 4 is 17.1 Å². The van der Waals surface area contributed by atoms with E-state index in [1.807, 2.05) is 36.6 Å². The molecule has 0 spiro atoms. The Morgan fingerprint density at radius 2 is 2.27 bits per heavy atom. The first-order valence-electron chi connectivity index (χ1n) is 4.74. The maximum absolute atomic E-state index is 11.8. The van der Waals surface area contributed by atoms with Gasteiger partial charge in [0.2, 0.25) is 0 Å². The van der Waals surface area contributed by atoms with E-state index in [0.717, 1.165) is 10.6 Å². The Bertz CT molecular complexity index is 445. The van der Waals surface area contributed by atoms with E-state index in [-0.39, 0.29) is 5.78 Å². The summed E-state index contributed by atoms with van der Waals surface area (Å²) < 4.78 is 0. The number of aryl methyl sites for hydroxylation is 1. The summed E-state index contributed by atoms with van der Waals surface area (Å²) in [5.74, 6) is 0.130. The van der Waals surface area contributed by atoms with Crippen molar-refractivity contribution < 1.29 is 4.79 Å². The van der Waals surface area contributed by atoms with Crippen molar-refractivity contribution in [3.05, 3.63) is 52.0 Å². The Kier molecular flexibility index (Phi) is 2.92. The number of aromatic nitrogens is 1. The molecule has 0 saturated heterocycles. The van der Waals surface area contributed by atoms with Crippen LogP contribution in [0.3, 0.4) is 0 Å². The largest absolute Gasteiger partial charge is 0.294 e. The minimum atomic E-state index is 0.130. The maximum Gasteiger partial charge on any atom is 0.169 e. The van der Waals surface area contributed by atoms with Crippen molar-refractivity contribution in [1.29, 1.82) is 0 Å². The number of hydrogen-bond donors (Lipinski definition) is 0. The molecule has 2 nitrogen and oxygen atoms in total. The Labute approximate surface area is 92.6 Å². The molecule has 2 heterocycles. The zero-order chi connectivity index (χ0) is 10.7. The fourth-order valence-electron chi connectivity index (χ4n) is 1.31. The molecule has 0 atom stereocenters. The second-order valence-electron chi connectivity index (χ2n) is 3.37. The minimum Gasteiger partial charge on any atom is -0.294 e. The van der Waals surface area contributed by atoms with Crippen LogP contribution in [0.15, 0.2) is 35.8 Å². The molecule has 0 aliphatic heterocycles. The van der Waals surface area contributed by atoms with Crippen LogP contribution in [-0.2, 0) is 6.42 Å². The van der Waals surface area contributed by atoms with Crippen LogP contribution in [0.2, 0.25) is 0 Å². The fourth-order valence-corrected chi connectivity index (χ4v) is 2.01. The van der Waals surface area contributed by atoms with Crippen molar-refractivity contribution in [3.63, 3.8) is 0 Å². The smallest absolute Gasteiger partial charge is 0.169 e. The highest BCUT2D eigenvalue weighted by molar-refractivity contribution is 7.10. The Balaban J connectivity index is 2.11. The number of pyridine rings is 1. The lowest BCUT2D eigenvalue weighted by Crippen LogP contribution is -2.02. The van der Waals surface area contributed by atoms with Crippen LogP contribution in [0.4, 0.5) is 0 Å². The molecule has 3 heteroatoms. The third kappa shape index (κ3) is 2.50. The van der Waals surface area contributed by atoms with E-state index in [2.05, 4.69) is 4.98 Å². The molecule has 2 aromatic rings. The molecule has 0 aliphatic rings. The van der Waals surface area contributed by atoms with Gasteiger partial charge in [0.15, 0.2) is 5.78 Å². The molecule has 2 aromatic heterocycles. The lowest BCUT2D eigenvalue weighted by atomic mass is 10.1. The zero-order valence-corrected chi connectivity index (χ0v) is 9.25. The van der Waals surface area contributed by atoms with E-state index >= 15 is 0 Å². The molecule has 0 N–H and O–H groups in total. The first-order chi connectivity index (χ1) is 7.25. The van der Waals surface area contributed by atoms with Crippen LogP contribution in [0.1, 0.15) is 20.9 Å². The third-order valence-electron chi connectivity index (χ3n) is 2.15. The summed E-state index contributed by atoms with van der Waals surface area (Å²) in [7, 11) is 0. The summed E-state index contributed by atoms with van der Waals surface area (Å²) in [4.78, 5) is 17.0. The predicted octanol–water partition coefficient (Wildman–Crippen LogP) is 2.88. The van der Waals surface area contributed by atoms with Gasteiger partial charge in [0.05, 0.1) is 0 Å². The molecule has 15 heavy (non-hydrogen) atoms. The van der Waals surface area contributed by atoms with Gasteiger partial charge in [-0.2, -0.15) is 0 Å². The zero-order valence-electron chi connectivity index (χ0n) is 8.43. The molecule has 0 aliphatic carbocycles. The standard InChI is InChI=1S/C12H11NOS/c1-9-4-5-10(8-13-9)12(14)7-11-3-2-6-15-11/h2-6,8H,7H2,1H3. The van der Waals surface area contributed by atoms with Crippen molar-refractivity contribution in [1.82, 2.24) is 4.98 Å². The van der Waals surface area contributed by atoms with Gasteiger partial charge in [-0.25, -0.2) is 0 Å². The lowest BCUT2D eigenvalue weighted by Gasteiger charge is -1.99. The average Bonchev–Trinajstić information content (AvgIpc) is 2.71. The number of nitrogens with zero attached hydrogens (tertiary/aromatic N) is 1. The van der Waals surface area contributed by atoms with Crippen LogP contribution in [0.25, 0.3) is 0 Å². The van der Waals surface area contributed by atoms with E-state index in [1.165, 1.54) is 0 Å². The van der Waals surface area contributed by atoms with Gasteiger partial charge in [0.1, 0.15) is 0 Å². The average molecular weight is 217 g/mol. The van der Waals surface area contributed by atoms with Gasteiger partial charge in [-0.1, -0.05) is 6.07 Å². The molecule has 76 valence electrons. The summed E-state index contributed by atoms with van der Waals surface area (Å²) in [5.41, 5.74) is 1.62. The number of Topliss-reactive ketones (excluding diaryl/α,β-unsaturated/α-hetero) is 1. The molecule has 2 rings (SSSR count). The number of rotatable bonds is 3. The summed E-state index contributed by atoms with van der Waals surface area (Å²) in [6, 6.07) is 7.63. The number of ketones is 1. The van der Waals surface area contributed by atoms with Gasteiger partial charge in [-0.3, -0.25) is 9.78 Å². The van der Waals surface area contributed by atoms with Gasteiger partial charge in [-0.05, 0) is 30.5 Å². The van der Waals surface area contributed by atoms with Crippen molar-refractivity contribution in [3.8, 4) is 0 Å². The first kappa shape index (κ1) is 10.1. The second-order valence-corrected chi connectivity index (χ2v) is 4.40. The molecular formula is C12H11NOS. The normalized spacial score (nSPS) is 10.2. The quantitative estimate of drug-likeness (QED) is 0.740. The van der Waals surface area contributed by atoms with Gasteiger partial charge < -0.3 is 0 Å². The maximum atomic E-state index is 11.8. The lowest BCUT2D eigenvalue weighted by molar-refractivity contribution is 0.0993. The van der Waals surface area contributed by atoms with Gasteiger partial charge in [-0.15, -0.1) is 11.3 Å². The van der Waals surface area contributed by atoms with Crippen molar-refractivity contribution in [2.24, 2.45) is 0 Å². The molecule has 0 fully saturated rings. The Hall–Kier alpha value is -1.48. The highest BCUT2D eigenvalue weighted by Crippen LogP contribution is 2.12. The topological polar surface area (TPSA) is 30.0 Å². The monoisotopic (exact) mass is 217 g/mol. The van der Waals surface area contributed by atoms with Crippen LogP contribution in [0, 0.1) is 6.92 Å². The van der Waals surface area contributed by atoms with E-state index in [0.29, 0.717) is 12.0 Å². The van der Waals surface area contributed by atoms with Crippen LogP contribution in [0.5, 0.6) is 0 Å². The van der Waals surface area contributed by atoms with Crippen molar-refractivity contribution in [2.45, 2.75) is 13.3 Å². The SMILES string of the molecule is Cc1ccc(C(=O)Cc2cccs2)cn1. The molecule has 0 bridgehead atoms. The fraction of sp³-hybridized carbons (Fsp3) is 0.167. The number of carbonyl (C=O) groups excluding carboxylic acids is 1. The molecule has 0 amide bonds. The van der Waals surface area contributed by atoms with Crippen LogP contribution >= 0.6 is 11.3 Å². The highest BCUT2D eigenvalue weighted by Gasteiger charge is 2.07. The summed E-state index contributed by atoms with van der Waals surface area (Å²) in [6.07, 6.45) is 2.12. The van der Waals surface area contributed by atoms with E-state index in [4.69, 9.17) is 0 Å². The summed E-state index contributed by atoms with van der Waals surface area (Å²) in [5, 5.41) is 1.98. The minimum absolute atomic E-state index is 0.130. The van der Waals surface area contributed by atoms with Gasteiger partial charge >= 0.3 is 0 Å². The number of thiophene rings is 1. The first-order valence-corrected chi connectivity index (χ1v) is 5.62. The second kappa shape index (κ2) is 4.36. The summed E-state index contributed by atoms with van der Waals surface area (Å²) >= 11 is 1.61. The van der Waals surface area contributed by atoms with Crippen LogP contribution in [-0.4, -0.2) is 10.8 Å². The number of carbonyl (C=O) groups is 1. The predicted molar refractivity (Wildman–Crippen MR) is 61.3 cm³/mol. The Morgan fingerprint density at radius 1 is 1.40 bits per heavy atom. The molecule has 0 unspecified atom stereocenters. The molecule has 0 radical (unpaired) electrons. The highest BCUT2D eigenvalue weighted by atomic mass is 32.1. The van der Waals surface area contributed by atoms with E-state index in [1.54, 1.807) is 17.5 Å². The van der Waals surface area contributed by atoms with Gasteiger partial charge in [0, 0.05) is 28.8 Å². The molecular weight excluding hydrogens is 206 g/mol. The Morgan fingerprint density at radius 3 is 2.87 bits per heavy atom. The molecule has 0 aromatic carbocycles. The van der Waals surface area contributed by atoms with Crippen LogP contribution < -0.4 is 0 Å². The van der Waals surface area contributed by atoms with Crippen molar-refractivity contribution in [2.75, 3.05) is 0 Å². The van der Waals surface area contributed by atoms with Gasteiger partial charge in [0.25, 0.3) is 0 Å². The summed E-state index contributed by atoms with van der Waals surface area (Å²) in [6.45, 7) is 1.91. The van der Waals surface area contributed by atoms with E-state index in [9.17, 15) is 4.79 Å².